The van der Waals surface area contributed by atoms with Crippen LogP contribution >= 0.6 is 0 Å². The van der Waals surface area contributed by atoms with Gasteiger partial charge in [-0.15, -0.1) is 0 Å². The van der Waals surface area contributed by atoms with E-state index in [9.17, 15) is 0 Å². The second-order valence-electron chi connectivity index (χ2n) is 14.2. The van der Waals surface area contributed by atoms with Crippen LogP contribution in [-0.2, 0) is 9.31 Å². The molecule has 0 N–H and O–H groups in total. The van der Waals surface area contributed by atoms with Gasteiger partial charge in [0.25, 0.3) is 0 Å². The van der Waals surface area contributed by atoms with E-state index in [4.69, 9.17) is 9.31 Å². The Morgan fingerprint density at radius 1 is 0.373 bits per heavy atom. The summed E-state index contributed by atoms with van der Waals surface area (Å²) in [6.07, 6.45) is 7.76. The van der Waals surface area contributed by atoms with Gasteiger partial charge in [0.05, 0.1) is 11.2 Å². The molecule has 0 saturated carbocycles. The molecule has 1 fully saturated rings. The highest BCUT2D eigenvalue weighted by molar-refractivity contribution is 6.62. The van der Waals surface area contributed by atoms with Gasteiger partial charge in [-0.3, -0.25) is 9.97 Å². The number of hydrogen-bond donors (Lipinski definition) is 0. The summed E-state index contributed by atoms with van der Waals surface area (Å²) in [5.41, 5.74) is 13.1. The second-order valence-corrected chi connectivity index (χ2v) is 14.2. The minimum atomic E-state index is -0.529. The molecule has 0 unspecified atom stereocenters. The van der Waals surface area contributed by atoms with Crippen LogP contribution in [0.15, 0.2) is 164 Å². The standard InChI is InChI=1S/C46H39BN2O2/c1-45(2)46(3,4)51-47(50-45)40-26-34(41-19-11-13-21-43(41)38-24-36(28-48-30-38)32-15-7-5-8-16-32)23-35(27-40)42-20-12-14-22-44(42)39-25-37(29-49-31-39)33-17-9-6-10-18-33/h5-31H,1-4H3. The van der Waals surface area contributed by atoms with Crippen molar-refractivity contribution in [2.75, 3.05) is 0 Å². The van der Waals surface area contributed by atoms with Crippen LogP contribution in [0.25, 0.3) is 66.8 Å². The fraction of sp³-hybridized carbons (Fsp3) is 0.130. The van der Waals surface area contributed by atoms with Gasteiger partial charge < -0.3 is 9.31 Å². The van der Waals surface area contributed by atoms with Crippen LogP contribution < -0.4 is 5.46 Å². The number of rotatable bonds is 7. The molecule has 2 aromatic heterocycles. The second kappa shape index (κ2) is 13.3. The maximum atomic E-state index is 6.65. The molecule has 0 spiro atoms. The Morgan fingerprint density at radius 3 is 1.12 bits per heavy atom. The molecular weight excluding hydrogens is 623 g/mol. The lowest BCUT2D eigenvalue weighted by Crippen LogP contribution is -2.41. The molecule has 0 radical (unpaired) electrons. The quantitative estimate of drug-likeness (QED) is 0.159. The highest BCUT2D eigenvalue weighted by atomic mass is 16.7. The number of benzene rings is 5. The number of nitrogens with zero attached hydrogens (tertiary/aromatic N) is 2. The molecule has 248 valence electrons. The Bertz CT molecular complexity index is 2180. The van der Waals surface area contributed by atoms with Crippen molar-refractivity contribution in [3.05, 3.63) is 164 Å². The van der Waals surface area contributed by atoms with Crippen molar-refractivity contribution < 1.29 is 9.31 Å². The van der Waals surface area contributed by atoms with Crippen LogP contribution in [-0.4, -0.2) is 28.3 Å². The van der Waals surface area contributed by atoms with Crippen LogP contribution in [0.5, 0.6) is 0 Å². The average molecular weight is 663 g/mol. The third kappa shape index (κ3) is 6.43. The average Bonchev–Trinajstić information content (AvgIpc) is 3.41. The smallest absolute Gasteiger partial charge is 0.399 e. The zero-order chi connectivity index (χ0) is 35.0. The van der Waals surface area contributed by atoms with E-state index in [1.165, 1.54) is 0 Å². The highest BCUT2D eigenvalue weighted by Gasteiger charge is 2.51. The molecule has 1 saturated heterocycles. The predicted octanol–water partition coefficient (Wildman–Crippen LogP) is 10.8. The van der Waals surface area contributed by atoms with Gasteiger partial charge in [-0.2, -0.15) is 0 Å². The van der Waals surface area contributed by atoms with Gasteiger partial charge >= 0.3 is 7.12 Å². The van der Waals surface area contributed by atoms with E-state index in [0.29, 0.717) is 0 Å². The molecule has 0 amide bonds. The molecule has 5 heteroatoms. The molecule has 7 aromatic rings. The van der Waals surface area contributed by atoms with E-state index in [-0.39, 0.29) is 0 Å². The van der Waals surface area contributed by atoms with E-state index < -0.39 is 18.3 Å². The molecule has 51 heavy (non-hydrogen) atoms. The van der Waals surface area contributed by atoms with Crippen LogP contribution in [0.4, 0.5) is 0 Å². The van der Waals surface area contributed by atoms with Crippen LogP contribution in [0.2, 0.25) is 0 Å². The minimum Gasteiger partial charge on any atom is -0.399 e. The summed E-state index contributed by atoms with van der Waals surface area (Å²) in [6, 6.07) is 49.1. The van der Waals surface area contributed by atoms with Gasteiger partial charge in [0.2, 0.25) is 0 Å². The third-order valence-corrected chi connectivity index (χ3v) is 10.3. The van der Waals surface area contributed by atoms with Crippen LogP contribution in [0.3, 0.4) is 0 Å². The molecule has 4 nitrogen and oxygen atoms in total. The third-order valence-electron chi connectivity index (χ3n) is 10.3. The van der Waals surface area contributed by atoms with Gasteiger partial charge in [0.1, 0.15) is 0 Å². The summed E-state index contributed by atoms with van der Waals surface area (Å²) in [6.45, 7) is 8.40. The SMILES string of the molecule is CC1(C)OB(c2cc(-c3ccccc3-c3cncc(-c4ccccc4)c3)cc(-c3ccccc3-c3cncc(-c4ccccc4)c3)c2)OC1(C)C. The Balaban J connectivity index is 1.29. The van der Waals surface area contributed by atoms with E-state index in [2.05, 4.69) is 165 Å². The zero-order valence-electron chi connectivity index (χ0n) is 29.4. The summed E-state index contributed by atoms with van der Waals surface area (Å²) in [7, 11) is -0.529. The predicted molar refractivity (Wildman–Crippen MR) is 210 cm³/mol. The van der Waals surface area contributed by atoms with Gasteiger partial charge in [0, 0.05) is 47.0 Å². The van der Waals surface area contributed by atoms with E-state index in [1.807, 2.05) is 36.9 Å². The first-order chi connectivity index (χ1) is 24.8. The van der Waals surface area contributed by atoms with E-state index in [1.54, 1.807) is 0 Å². The molecule has 0 atom stereocenters. The van der Waals surface area contributed by atoms with Crippen molar-refractivity contribution in [3.63, 3.8) is 0 Å². The zero-order valence-corrected chi connectivity index (χ0v) is 29.4. The summed E-state index contributed by atoms with van der Waals surface area (Å²) in [4.78, 5) is 9.36. The first-order valence-electron chi connectivity index (χ1n) is 17.5. The molecule has 1 aliphatic rings. The minimum absolute atomic E-state index is 0.475. The van der Waals surface area contributed by atoms with Gasteiger partial charge in [-0.05, 0) is 95.9 Å². The van der Waals surface area contributed by atoms with Gasteiger partial charge in [-0.1, -0.05) is 121 Å². The molecule has 8 rings (SSSR count). The van der Waals surface area contributed by atoms with Crippen molar-refractivity contribution in [3.8, 4) is 66.8 Å². The first-order valence-corrected chi connectivity index (χ1v) is 17.5. The van der Waals surface area contributed by atoms with Crippen molar-refractivity contribution in [1.29, 1.82) is 0 Å². The maximum absolute atomic E-state index is 6.65. The lowest BCUT2D eigenvalue weighted by atomic mass is 9.75. The van der Waals surface area contributed by atoms with Crippen molar-refractivity contribution in [1.82, 2.24) is 9.97 Å². The Morgan fingerprint density at radius 2 is 0.706 bits per heavy atom. The normalized spacial score (nSPS) is 14.8. The number of hydrogen-bond acceptors (Lipinski definition) is 4. The number of aromatic nitrogens is 2. The van der Waals surface area contributed by atoms with E-state index in [0.717, 1.165) is 72.2 Å². The van der Waals surface area contributed by atoms with Crippen LogP contribution in [0, 0.1) is 0 Å². The molecule has 1 aliphatic heterocycles. The fourth-order valence-corrected chi connectivity index (χ4v) is 6.80. The summed E-state index contributed by atoms with van der Waals surface area (Å²) >= 11 is 0. The number of pyridine rings is 2. The lowest BCUT2D eigenvalue weighted by molar-refractivity contribution is 0.00578. The largest absolute Gasteiger partial charge is 0.494 e. The fourth-order valence-electron chi connectivity index (χ4n) is 6.80. The summed E-state index contributed by atoms with van der Waals surface area (Å²) in [5, 5.41) is 0. The highest BCUT2D eigenvalue weighted by Crippen LogP contribution is 2.40. The Kier molecular flexibility index (Phi) is 8.47. The Hall–Kier alpha value is -5.62. The van der Waals surface area contributed by atoms with Crippen LogP contribution in [0.1, 0.15) is 27.7 Å². The van der Waals surface area contributed by atoms with Crippen molar-refractivity contribution >= 4 is 12.6 Å². The van der Waals surface area contributed by atoms with Crippen molar-refractivity contribution in [2.24, 2.45) is 0 Å². The topological polar surface area (TPSA) is 44.2 Å². The summed E-state index contributed by atoms with van der Waals surface area (Å²) < 4.78 is 13.3. The first kappa shape index (κ1) is 32.6. The van der Waals surface area contributed by atoms with Gasteiger partial charge in [-0.25, -0.2) is 0 Å². The maximum Gasteiger partial charge on any atom is 0.494 e. The Labute approximate surface area is 301 Å². The van der Waals surface area contributed by atoms with Crippen molar-refractivity contribution in [2.45, 2.75) is 38.9 Å². The molecule has 5 aromatic carbocycles. The molecular formula is C46H39BN2O2. The molecule has 3 heterocycles. The summed E-state index contributed by atoms with van der Waals surface area (Å²) in [5.74, 6) is 0. The lowest BCUT2D eigenvalue weighted by Gasteiger charge is -2.32. The molecule has 0 bridgehead atoms. The van der Waals surface area contributed by atoms with Gasteiger partial charge in [0.15, 0.2) is 0 Å². The van der Waals surface area contributed by atoms with E-state index >= 15 is 0 Å². The monoisotopic (exact) mass is 662 g/mol. The molecule has 0 aliphatic carbocycles.